The highest BCUT2D eigenvalue weighted by atomic mass is 35.5. The summed E-state index contributed by atoms with van der Waals surface area (Å²) in [7, 11) is 0. The van der Waals surface area contributed by atoms with Crippen LogP contribution < -0.4 is 5.73 Å². The zero-order chi connectivity index (χ0) is 9.30. The highest BCUT2D eigenvalue weighted by Crippen LogP contribution is 2.29. The first-order chi connectivity index (χ1) is 5.57. The molecular weight excluding hydrogens is 218 g/mol. The van der Waals surface area contributed by atoms with Gasteiger partial charge in [-0.15, -0.1) is 24.2 Å². The normalized spacial score (nSPS) is 45.5. The maximum absolute atomic E-state index is 9.30. The van der Waals surface area contributed by atoms with E-state index in [4.69, 9.17) is 10.8 Å². The molecule has 0 spiro atoms. The van der Waals surface area contributed by atoms with E-state index in [1.165, 1.54) is 0 Å². The summed E-state index contributed by atoms with van der Waals surface area (Å²) in [5.41, 5.74) is 4.44. The molecule has 13 heavy (non-hydrogen) atoms. The van der Waals surface area contributed by atoms with Crippen molar-refractivity contribution >= 4 is 24.2 Å². The molecule has 0 amide bonds. The molecule has 1 heterocycles. The third-order valence-corrected chi connectivity index (χ3v) is 3.32. The van der Waals surface area contributed by atoms with Crippen LogP contribution in [0, 0.1) is 0 Å². The van der Waals surface area contributed by atoms with Crippen molar-refractivity contribution in [1.29, 1.82) is 0 Å². The summed E-state index contributed by atoms with van der Waals surface area (Å²) in [6.45, 7) is -0.285. The van der Waals surface area contributed by atoms with E-state index in [9.17, 15) is 15.3 Å². The number of rotatable bonds is 1. The lowest BCUT2D eigenvalue weighted by molar-refractivity contribution is -0.0279. The van der Waals surface area contributed by atoms with Gasteiger partial charge in [-0.1, -0.05) is 0 Å². The van der Waals surface area contributed by atoms with Crippen LogP contribution in [-0.4, -0.2) is 56.0 Å². The van der Waals surface area contributed by atoms with Gasteiger partial charge in [0.15, 0.2) is 0 Å². The predicted molar refractivity (Wildman–Crippen MR) is 51.7 cm³/mol. The van der Waals surface area contributed by atoms with Crippen molar-refractivity contribution in [2.24, 2.45) is 5.73 Å². The first-order valence-electron chi connectivity index (χ1n) is 3.64. The number of aliphatic hydroxyl groups is 4. The first kappa shape index (κ1) is 13.4. The molecule has 0 aromatic heterocycles. The molecule has 0 bridgehead atoms. The molecule has 5 nitrogen and oxygen atoms in total. The van der Waals surface area contributed by atoms with Crippen LogP contribution in [0.25, 0.3) is 0 Å². The Hall–Kier alpha value is 0.440. The van der Waals surface area contributed by atoms with Crippen LogP contribution >= 0.6 is 24.2 Å². The molecule has 0 aromatic carbocycles. The summed E-state index contributed by atoms with van der Waals surface area (Å²) in [5.74, 6) is 0. The van der Waals surface area contributed by atoms with Crippen molar-refractivity contribution in [2.75, 3.05) is 6.61 Å². The molecule has 1 fully saturated rings. The van der Waals surface area contributed by atoms with Gasteiger partial charge in [0.1, 0.15) is 5.44 Å². The average Bonchev–Trinajstić information content (AvgIpc) is 2.08. The molecule has 1 aliphatic rings. The summed E-state index contributed by atoms with van der Waals surface area (Å²) in [6, 6.07) is -0.854. The quantitative estimate of drug-likeness (QED) is 0.354. The molecule has 0 aliphatic carbocycles. The van der Waals surface area contributed by atoms with Gasteiger partial charge in [0.25, 0.3) is 0 Å². The van der Waals surface area contributed by atoms with Crippen LogP contribution in [0.4, 0.5) is 0 Å². The van der Waals surface area contributed by atoms with E-state index in [2.05, 4.69) is 0 Å². The SMILES string of the molecule is Cl.N[C@H]1C(O)S[C@H](CO)[C@@H](O)[C@@H]1O. The minimum Gasteiger partial charge on any atom is -0.395 e. The van der Waals surface area contributed by atoms with E-state index < -0.39 is 28.9 Å². The van der Waals surface area contributed by atoms with Gasteiger partial charge in [0.2, 0.25) is 0 Å². The van der Waals surface area contributed by atoms with E-state index in [0.29, 0.717) is 0 Å². The number of halogens is 1. The smallest absolute Gasteiger partial charge is 0.117 e. The minimum absolute atomic E-state index is 0. The molecule has 0 radical (unpaired) electrons. The second-order valence-electron chi connectivity index (χ2n) is 2.81. The molecule has 0 saturated carbocycles. The van der Waals surface area contributed by atoms with Gasteiger partial charge >= 0.3 is 0 Å². The predicted octanol–water partition coefficient (Wildman–Crippen LogP) is -2.12. The Balaban J connectivity index is 0.00000144. The molecule has 1 rings (SSSR count). The Morgan fingerprint density at radius 3 is 2.15 bits per heavy atom. The van der Waals surface area contributed by atoms with Crippen molar-refractivity contribution in [3.05, 3.63) is 0 Å². The van der Waals surface area contributed by atoms with Crippen LogP contribution in [0.2, 0.25) is 0 Å². The highest BCUT2D eigenvalue weighted by molar-refractivity contribution is 8.00. The van der Waals surface area contributed by atoms with Gasteiger partial charge in [-0.2, -0.15) is 0 Å². The lowest BCUT2D eigenvalue weighted by Gasteiger charge is -2.37. The fourth-order valence-corrected chi connectivity index (χ4v) is 2.23. The molecule has 5 atom stereocenters. The Kier molecular flexibility index (Phi) is 5.53. The topological polar surface area (TPSA) is 107 Å². The standard InChI is InChI=1S/C6H13NO4S.ClH/c7-3-5(10)4(9)2(1-8)12-6(3)11;/h2-6,8-11H,1,7H2;1H/t2-,3-,4-,5-,6?;/m1./s1. The van der Waals surface area contributed by atoms with Crippen LogP contribution in [0.15, 0.2) is 0 Å². The fourth-order valence-electron chi connectivity index (χ4n) is 1.12. The molecule has 6 N–H and O–H groups in total. The van der Waals surface area contributed by atoms with Crippen LogP contribution in [0.1, 0.15) is 0 Å². The van der Waals surface area contributed by atoms with Gasteiger partial charge in [0, 0.05) is 0 Å². The molecule has 0 aromatic rings. The molecule has 80 valence electrons. The van der Waals surface area contributed by atoms with Crippen LogP contribution in [-0.2, 0) is 0 Å². The third-order valence-electron chi connectivity index (χ3n) is 1.95. The van der Waals surface area contributed by atoms with Crippen molar-refractivity contribution in [2.45, 2.75) is 28.9 Å². The number of aliphatic hydroxyl groups excluding tert-OH is 4. The van der Waals surface area contributed by atoms with Crippen molar-refractivity contribution in [3.8, 4) is 0 Å². The number of nitrogens with two attached hydrogens (primary N) is 1. The summed E-state index contributed by atoms with van der Waals surface area (Å²) in [4.78, 5) is 0. The number of thioether (sulfide) groups is 1. The molecule has 1 aliphatic heterocycles. The lowest BCUT2D eigenvalue weighted by atomic mass is 10.0. The van der Waals surface area contributed by atoms with Crippen molar-refractivity contribution < 1.29 is 20.4 Å². The third kappa shape index (κ3) is 2.69. The zero-order valence-electron chi connectivity index (χ0n) is 6.78. The monoisotopic (exact) mass is 231 g/mol. The number of hydrogen-bond acceptors (Lipinski definition) is 6. The summed E-state index contributed by atoms with van der Waals surface area (Å²) >= 11 is 0.977. The van der Waals surface area contributed by atoms with Gasteiger partial charge in [0.05, 0.1) is 30.1 Å². The summed E-state index contributed by atoms with van der Waals surface area (Å²) in [6.07, 6.45) is -2.24. The van der Waals surface area contributed by atoms with Gasteiger partial charge < -0.3 is 26.2 Å². The van der Waals surface area contributed by atoms with Crippen molar-refractivity contribution in [1.82, 2.24) is 0 Å². The summed E-state index contributed by atoms with van der Waals surface area (Å²) < 4.78 is 0. The number of hydrogen-bond donors (Lipinski definition) is 5. The molecular formula is C6H14ClNO4S. The van der Waals surface area contributed by atoms with E-state index >= 15 is 0 Å². The Morgan fingerprint density at radius 1 is 1.15 bits per heavy atom. The lowest BCUT2D eigenvalue weighted by Crippen LogP contribution is -2.57. The summed E-state index contributed by atoms with van der Waals surface area (Å²) in [5, 5.41) is 36.0. The highest BCUT2D eigenvalue weighted by Gasteiger charge is 2.41. The van der Waals surface area contributed by atoms with E-state index in [1.54, 1.807) is 0 Å². The minimum atomic E-state index is -1.17. The maximum atomic E-state index is 9.30. The van der Waals surface area contributed by atoms with E-state index in [-0.39, 0.29) is 19.0 Å². The first-order valence-corrected chi connectivity index (χ1v) is 4.58. The average molecular weight is 232 g/mol. The molecule has 1 unspecified atom stereocenters. The van der Waals surface area contributed by atoms with E-state index in [0.717, 1.165) is 11.8 Å². The second kappa shape index (κ2) is 5.35. The zero-order valence-corrected chi connectivity index (χ0v) is 8.41. The Labute approximate surface area is 86.4 Å². The van der Waals surface area contributed by atoms with Gasteiger partial charge in [-0.05, 0) is 0 Å². The fraction of sp³-hybridized carbons (Fsp3) is 1.00. The van der Waals surface area contributed by atoms with Gasteiger partial charge in [-0.25, -0.2) is 0 Å². The largest absolute Gasteiger partial charge is 0.395 e. The van der Waals surface area contributed by atoms with Crippen LogP contribution in [0.5, 0.6) is 0 Å². The van der Waals surface area contributed by atoms with E-state index in [1.807, 2.05) is 0 Å². The Morgan fingerprint density at radius 2 is 1.69 bits per heavy atom. The van der Waals surface area contributed by atoms with Crippen LogP contribution in [0.3, 0.4) is 0 Å². The molecule has 1 saturated heterocycles. The second-order valence-corrected chi connectivity index (χ2v) is 4.17. The molecule has 7 heteroatoms. The van der Waals surface area contributed by atoms with Gasteiger partial charge in [-0.3, -0.25) is 0 Å². The Bertz CT molecular complexity index is 159. The maximum Gasteiger partial charge on any atom is 0.117 e. The van der Waals surface area contributed by atoms with Crippen molar-refractivity contribution in [3.63, 3.8) is 0 Å².